The van der Waals surface area contributed by atoms with E-state index in [1.165, 1.54) is 12.2 Å². The van der Waals surface area contributed by atoms with Crippen molar-refractivity contribution < 1.29 is 9.59 Å². The Morgan fingerprint density at radius 3 is 0.964 bits per heavy atom. The predicted octanol–water partition coefficient (Wildman–Crippen LogP) is 5.96. The van der Waals surface area contributed by atoms with Gasteiger partial charge < -0.3 is 0 Å². The molecular formula is C24H16N2O2. The molecule has 28 heavy (non-hydrogen) atoms. The normalized spacial score (nSPS) is 10.6. The molecule has 0 atom stereocenters. The minimum atomic E-state index is 0.592. The lowest BCUT2D eigenvalue weighted by molar-refractivity contribution is 0.564. The van der Waals surface area contributed by atoms with Crippen molar-refractivity contribution in [2.75, 3.05) is 0 Å². The molecule has 0 heterocycles. The quantitative estimate of drug-likeness (QED) is 0.308. The standard InChI is InChI=1S/C24H16N2O2/c27-17-25-23-13-9-21(10-14-23)7-5-19-1-2-20(4-3-19)6-8-22-11-15-24(16-12-22)26-18-28/h1-16H. The van der Waals surface area contributed by atoms with Crippen molar-refractivity contribution in [1.29, 1.82) is 0 Å². The highest BCUT2D eigenvalue weighted by molar-refractivity contribution is 5.73. The molecule has 0 saturated heterocycles. The molecule has 0 spiro atoms. The molecule has 0 bridgehead atoms. The van der Waals surface area contributed by atoms with E-state index in [2.05, 4.69) is 9.98 Å². The first-order chi connectivity index (χ1) is 13.8. The molecule has 3 aromatic rings. The number of hydrogen-bond acceptors (Lipinski definition) is 4. The summed E-state index contributed by atoms with van der Waals surface area (Å²) in [5.41, 5.74) is 5.41. The molecule has 0 unspecified atom stereocenters. The Labute approximate surface area is 162 Å². The lowest BCUT2D eigenvalue weighted by atomic mass is 10.1. The number of nitrogens with zero attached hydrogens (tertiary/aromatic N) is 2. The third-order valence-corrected chi connectivity index (χ3v) is 4.01. The summed E-state index contributed by atoms with van der Waals surface area (Å²) in [6.45, 7) is 0. The first-order valence-corrected chi connectivity index (χ1v) is 8.59. The fourth-order valence-corrected chi connectivity index (χ4v) is 2.53. The Morgan fingerprint density at radius 2 is 0.714 bits per heavy atom. The average molecular weight is 364 g/mol. The van der Waals surface area contributed by atoms with E-state index < -0.39 is 0 Å². The molecular weight excluding hydrogens is 348 g/mol. The van der Waals surface area contributed by atoms with Gasteiger partial charge in [-0.25, -0.2) is 9.59 Å². The highest BCUT2D eigenvalue weighted by Crippen LogP contribution is 2.17. The van der Waals surface area contributed by atoms with Crippen molar-refractivity contribution in [3.8, 4) is 0 Å². The van der Waals surface area contributed by atoms with Gasteiger partial charge in [0.25, 0.3) is 0 Å². The minimum Gasteiger partial charge on any atom is -0.211 e. The van der Waals surface area contributed by atoms with Crippen LogP contribution >= 0.6 is 0 Å². The monoisotopic (exact) mass is 364 g/mol. The molecule has 0 aliphatic heterocycles. The van der Waals surface area contributed by atoms with Crippen LogP contribution < -0.4 is 0 Å². The third-order valence-electron chi connectivity index (χ3n) is 4.01. The highest BCUT2D eigenvalue weighted by Gasteiger charge is 1.93. The summed E-state index contributed by atoms with van der Waals surface area (Å²) >= 11 is 0. The Hall–Kier alpha value is -4.10. The van der Waals surface area contributed by atoms with Gasteiger partial charge in [-0.15, -0.1) is 0 Å². The summed E-state index contributed by atoms with van der Waals surface area (Å²) in [5.74, 6) is 0. The maximum Gasteiger partial charge on any atom is 0.240 e. The molecule has 0 aliphatic rings. The van der Waals surface area contributed by atoms with Gasteiger partial charge in [0.2, 0.25) is 12.2 Å². The maximum absolute atomic E-state index is 10.2. The molecule has 0 fully saturated rings. The van der Waals surface area contributed by atoms with Crippen LogP contribution in [0.15, 0.2) is 82.8 Å². The van der Waals surface area contributed by atoms with Crippen LogP contribution in [0, 0.1) is 0 Å². The van der Waals surface area contributed by atoms with E-state index in [1.807, 2.05) is 72.8 Å². The zero-order valence-electron chi connectivity index (χ0n) is 14.9. The van der Waals surface area contributed by atoms with E-state index in [4.69, 9.17) is 0 Å². The molecule has 3 rings (SSSR count). The van der Waals surface area contributed by atoms with Crippen LogP contribution in [0.4, 0.5) is 11.4 Å². The van der Waals surface area contributed by atoms with E-state index in [-0.39, 0.29) is 0 Å². The lowest BCUT2D eigenvalue weighted by Gasteiger charge is -1.98. The zero-order valence-corrected chi connectivity index (χ0v) is 14.9. The zero-order chi connectivity index (χ0) is 19.6. The molecule has 4 heteroatoms. The number of isocyanates is 2. The van der Waals surface area contributed by atoms with Crippen LogP contribution in [0.2, 0.25) is 0 Å². The molecule has 0 N–H and O–H groups in total. The van der Waals surface area contributed by atoms with Gasteiger partial charge in [0, 0.05) is 0 Å². The smallest absolute Gasteiger partial charge is 0.211 e. The Bertz CT molecular complexity index is 990. The van der Waals surface area contributed by atoms with Gasteiger partial charge in [0.05, 0.1) is 11.4 Å². The highest BCUT2D eigenvalue weighted by atomic mass is 16.1. The van der Waals surface area contributed by atoms with Gasteiger partial charge in [-0.3, -0.25) is 0 Å². The van der Waals surface area contributed by atoms with Crippen LogP contribution in [0.1, 0.15) is 22.3 Å². The third kappa shape index (κ3) is 5.45. The molecule has 0 saturated carbocycles. The lowest BCUT2D eigenvalue weighted by Crippen LogP contribution is -1.76. The molecule has 0 aromatic heterocycles. The number of aliphatic imine (C=N–C) groups is 2. The van der Waals surface area contributed by atoms with Crippen LogP contribution in [-0.2, 0) is 9.59 Å². The van der Waals surface area contributed by atoms with Crippen molar-refractivity contribution >= 4 is 47.8 Å². The van der Waals surface area contributed by atoms with Gasteiger partial charge in [-0.1, -0.05) is 72.8 Å². The first-order valence-electron chi connectivity index (χ1n) is 8.59. The summed E-state index contributed by atoms with van der Waals surface area (Å²) < 4.78 is 0. The fourth-order valence-electron chi connectivity index (χ4n) is 2.53. The van der Waals surface area contributed by atoms with Crippen molar-refractivity contribution in [1.82, 2.24) is 0 Å². The number of hydrogen-bond donors (Lipinski definition) is 0. The molecule has 0 amide bonds. The Balaban J connectivity index is 1.64. The van der Waals surface area contributed by atoms with Gasteiger partial charge in [0.15, 0.2) is 0 Å². The van der Waals surface area contributed by atoms with Crippen molar-refractivity contribution in [2.24, 2.45) is 9.98 Å². The maximum atomic E-state index is 10.2. The number of rotatable bonds is 6. The largest absolute Gasteiger partial charge is 0.240 e. The minimum absolute atomic E-state index is 0.592. The van der Waals surface area contributed by atoms with Crippen molar-refractivity contribution in [3.05, 3.63) is 95.1 Å². The van der Waals surface area contributed by atoms with E-state index >= 15 is 0 Å². The molecule has 134 valence electrons. The van der Waals surface area contributed by atoms with Gasteiger partial charge >= 0.3 is 0 Å². The molecule has 0 aliphatic carbocycles. The average Bonchev–Trinajstić information content (AvgIpc) is 2.74. The number of carbonyl (C=O) groups excluding carboxylic acids is 2. The van der Waals surface area contributed by atoms with Crippen LogP contribution in [0.3, 0.4) is 0 Å². The van der Waals surface area contributed by atoms with Crippen LogP contribution in [0.25, 0.3) is 24.3 Å². The van der Waals surface area contributed by atoms with Gasteiger partial charge in [-0.2, -0.15) is 9.98 Å². The van der Waals surface area contributed by atoms with E-state index in [9.17, 15) is 9.59 Å². The second-order valence-corrected chi connectivity index (χ2v) is 5.92. The Morgan fingerprint density at radius 1 is 0.464 bits per heavy atom. The molecule has 3 aromatic carbocycles. The first kappa shape index (κ1) is 18.7. The SMILES string of the molecule is O=C=Nc1ccc(C=Cc2ccc(C=Cc3ccc(N=C=O)cc3)cc2)cc1. The Kier molecular flexibility index (Phi) is 6.38. The summed E-state index contributed by atoms with van der Waals surface area (Å²) in [4.78, 5) is 27.6. The molecule has 0 radical (unpaired) electrons. The summed E-state index contributed by atoms with van der Waals surface area (Å²) in [6, 6.07) is 22.9. The second kappa shape index (κ2) is 9.56. The summed E-state index contributed by atoms with van der Waals surface area (Å²) in [6.07, 6.45) is 11.1. The van der Waals surface area contributed by atoms with Crippen LogP contribution in [-0.4, -0.2) is 12.2 Å². The predicted molar refractivity (Wildman–Crippen MR) is 113 cm³/mol. The second-order valence-electron chi connectivity index (χ2n) is 5.92. The topological polar surface area (TPSA) is 58.9 Å². The summed E-state index contributed by atoms with van der Waals surface area (Å²) in [7, 11) is 0. The van der Waals surface area contributed by atoms with Crippen molar-refractivity contribution in [3.63, 3.8) is 0 Å². The fraction of sp³-hybridized carbons (Fsp3) is 0. The van der Waals surface area contributed by atoms with E-state index in [1.54, 1.807) is 24.3 Å². The van der Waals surface area contributed by atoms with Crippen molar-refractivity contribution in [2.45, 2.75) is 0 Å². The van der Waals surface area contributed by atoms with Crippen LogP contribution in [0.5, 0.6) is 0 Å². The number of benzene rings is 3. The van der Waals surface area contributed by atoms with E-state index in [0.29, 0.717) is 11.4 Å². The van der Waals surface area contributed by atoms with Gasteiger partial charge in [0.1, 0.15) is 0 Å². The van der Waals surface area contributed by atoms with E-state index in [0.717, 1.165) is 22.3 Å². The van der Waals surface area contributed by atoms with Gasteiger partial charge in [-0.05, 0) is 46.5 Å². The molecule has 4 nitrogen and oxygen atoms in total. The summed E-state index contributed by atoms with van der Waals surface area (Å²) in [5, 5.41) is 0.